The van der Waals surface area contributed by atoms with Crippen molar-refractivity contribution < 1.29 is 18.3 Å². The Morgan fingerprint density at radius 1 is 1.20 bits per heavy atom. The Hall–Kier alpha value is -0.910. The van der Waals surface area contributed by atoms with Crippen molar-refractivity contribution in [1.29, 1.82) is 0 Å². The summed E-state index contributed by atoms with van der Waals surface area (Å²) in [7, 11) is 0. The number of benzene rings is 1. The number of halogens is 5. The fraction of sp³-hybridized carbons (Fsp3) is 0.385. The molecule has 1 aromatic heterocycles. The molecule has 2 aromatic rings. The molecule has 0 saturated carbocycles. The highest BCUT2D eigenvalue weighted by Gasteiger charge is 2.69. The van der Waals surface area contributed by atoms with E-state index in [-0.39, 0.29) is 18.5 Å². The van der Waals surface area contributed by atoms with Crippen molar-refractivity contribution >= 4 is 34.1 Å². The maximum Gasteiger partial charge on any atom is 0.425 e. The number of hydrogen-bond donors (Lipinski definition) is 2. The van der Waals surface area contributed by atoms with Crippen LogP contribution in [0.1, 0.15) is 17.7 Å². The monoisotopic (exact) mass is 323 g/mol. The molecule has 1 aliphatic carbocycles. The van der Waals surface area contributed by atoms with Gasteiger partial charge in [0.1, 0.15) is 0 Å². The summed E-state index contributed by atoms with van der Waals surface area (Å²) in [6.45, 7) is 0. The van der Waals surface area contributed by atoms with Crippen LogP contribution in [-0.4, -0.2) is 20.6 Å². The number of nitrogens with one attached hydrogen (secondary N) is 1. The van der Waals surface area contributed by atoms with E-state index in [0.29, 0.717) is 16.5 Å². The Kier molecular flexibility index (Phi) is 2.85. The van der Waals surface area contributed by atoms with E-state index in [0.717, 1.165) is 0 Å². The molecule has 7 heteroatoms. The normalized spacial score (nSPS) is 25.7. The van der Waals surface area contributed by atoms with Gasteiger partial charge in [-0.1, -0.05) is 41.4 Å². The van der Waals surface area contributed by atoms with E-state index in [4.69, 9.17) is 23.2 Å². The fourth-order valence-electron chi connectivity index (χ4n) is 2.76. The molecule has 0 amide bonds. The van der Waals surface area contributed by atoms with E-state index in [1.54, 1.807) is 24.3 Å². The largest absolute Gasteiger partial charge is 0.425 e. The van der Waals surface area contributed by atoms with Crippen LogP contribution >= 0.6 is 23.2 Å². The number of aryl methyl sites for hydroxylation is 1. The fourth-order valence-corrected chi connectivity index (χ4v) is 3.36. The number of aliphatic hydroxyl groups is 1. The second-order valence-corrected chi connectivity index (χ2v) is 6.42. The van der Waals surface area contributed by atoms with E-state index in [1.807, 2.05) is 0 Å². The third-order valence-electron chi connectivity index (χ3n) is 3.80. The molecule has 108 valence electrons. The first-order chi connectivity index (χ1) is 9.18. The molecule has 0 fully saturated rings. The smallest absolute Gasteiger partial charge is 0.373 e. The van der Waals surface area contributed by atoms with Crippen molar-refractivity contribution in [3.63, 3.8) is 0 Å². The minimum absolute atomic E-state index is 0.180. The van der Waals surface area contributed by atoms with E-state index in [9.17, 15) is 18.3 Å². The average molecular weight is 324 g/mol. The van der Waals surface area contributed by atoms with Gasteiger partial charge >= 0.3 is 6.18 Å². The van der Waals surface area contributed by atoms with Crippen LogP contribution in [0.3, 0.4) is 0 Å². The highest BCUT2D eigenvalue weighted by molar-refractivity contribution is 6.49. The van der Waals surface area contributed by atoms with Gasteiger partial charge in [-0.15, -0.1) is 0 Å². The zero-order chi connectivity index (χ0) is 14.8. The van der Waals surface area contributed by atoms with Gasteiger partial charge < -0.3 is 10.1 Å². The maximum absolute atomic E-state index is 13.4. The quantitative estimate of drug-likeness (QED) is 0.705. The Balaban J connectivity index is 2.36. The predicted octanol–water partition coefficient (Wildman–Crippen LogP) is 4.04. The first kappa shape index (κ1) is 14.0. The Morgan fingerprint density at radius 2 is 1.85 bits per heavy atom. The van der Waals surface area contributed by atoms with Crippen molar-refractivity contribution in [3.05, 3.63) is 35.5 Å². The minimum atomic E-state index is -4.98. The van der Waals surface area contributed by atoms with Gasteiger partial charge in [0, 0.05) is 10.9 Å². The molecule has 20 heavy (non-hydrogen) atoms. The van der Waals surface area contributed by atoms with Crippen LogP contribution < -0.4 is 0 Å². The number of aromatic amines is 1. The van der Waals surface area contributed by atoms with Gasteiger partial charge in [0.25, 0.3) is 0 Å². The topological polar surface area (TPSA) is 36.0 Å². The molecule has 1 aliphatic rings. The molecule has 0 spiro atoms. The molecule has 2 N–H and O–H groups in total. The van der Waals surface area contributed by atoms with Gasteiger partial charge in [-0.3, -0.25) is 0 Å². The third-order valence-corrected chi connectivity index (χ3v) is 4.73. The van der Waals surface area contributed by atoms with E-state index in [1.165, 1.54) is 0 Å². The van der Waals surface area contributed by atoms with Gasteiger partial charge in [0.05, 0.1) is 5.69 Å². The lowest BCUT2D eigenvalue weighted by atomic mass is 9.81. The van der Waals surface area contributed by atoms with Crippen LogP contribution in [0.2, 0.25) is 0 Å². The highest BCUT2D eigenvalue weighted by Crippen LogP contribution is 2.57. The lowest BCUT2D eigenvalue weighted by Crippen LogP contribution is -2.57. The molecule has 0 radical (unpaired) electrons. The van der Waals surface area contributed by atoms with Gasteiger partial charge in [-0.25, -0.2) is 0 Å². The van der Waals surface area contributed by atoms with Crippen LogP contribution in [0, 0.1) is 0 Å². The molecule has 1 heterocycles. The van der Waals surface area contributed by atoms with Crippen molar-refractivity contribution in [1.82, 2.24) is 4.98 Å². The summed E-state index contributed by atoms with van der Waals surface area (Å²) >= 11 is 11.6. The minimum Gasteiger partial charge on any atom is -0.373 e. The number of aromatic nitrogens is 1. The summed E-state index contributed by atoms with van der Waals surface area (Å²) in [5.41, 5.74) is -2.73. The Bertz CT molecular complexity index is 680. The zero-order valence-corrected chi connectivity index (χ0v) is 11.6. The number of rotatable bonds is 0. The lowest BCUT2D eigenvalue weighted by molar-refractivity contribution is -0.275. The Labute approximate surface area is 122 Å². The van der Waals surface area contributed by atoms with Crippen molar-refractivity contribution in [2.45, 2.75) is 29.0 Å². The number of H-pyrrole nitrogens is 1. The summed E-state index contributed by atoms with van der Waals surface area (Å²) in [6.07, 6.45) is -4.89. The molecule has 0 bridgehead atoms. The van der Waals surface area contributed by atoms with Gasteiger partial charge in [0.15, 0.2) is 4.33 Å². The molecule has 3 rings (SSSR count). The molecule has 2 nitrogen and oxygen atoms in total. The average Bonchev–Trinajstić information content (AvgIpc) is 2.72. The van der Waals surface area contributed by atoms with Crippen LogP contribution in [0.25, 0.3) is 10.9 Å². The van der Waals surface area contributed by atoms with Gasteiger partial charge in [-0.2, -0.15) is 13.2 Å². The number of para-hydroxylation sites is 1. The molecule has 0 aliphatic heterocycles. The standard InChI is InChI=1S/C13H10Cl2F3NO/c14-11(15)6-5-8-7-3-1-2-4-9(7)19-10(8)12(11,20)13(16,17)18/h1-4,19-20H,5-6H2. The number of hydrogen-bond acceptors (Lipinski definition) is 1. The highest BCUT2D eigenvalue weighted by atomic mass is 35.5. The van der Waals surface area contributed by atoms with Crippen LogP contribution in [0.15, 0.2) is 24.3 Å². The first-order valence-corrected chi connectivity index (χ1v) is 6.71. The van der Waals surface area contributed by atoms with Gasteiger partial charge in [0.2, 0.25) is 5.60 Å². The molecular formula is C13H10Cl2F3NO. The van der Waals surface area contributed by atoms with Crippen molar-refractivity contribution in [2.24, 2.45) is 0 Å². The van der Waals surface area contributed by atoms with Crippen molar-refractivity contribution in [2.75, 3.05) is 0 Å². The summed E-state index contributed by atoms with van der Waals surface area (Å²) in [6, 6.07) is 6.78. The SMILES string of the molecule is OC1(C(F)(F)F)c2[nH]c3ccccc3c2CCC1(Cl)Cl. The summed E-state index contributed by atoms with van der Waals surface area (Å²) < 4.78 is 37.8. The second-order valence-electron chi connectivity index (χ2n) is 4.94. The molecule has 1 unspecified atom stereocenters. The molecule has 0 saturated heterocycles. The van der Waals surface area contributed by atoms with Crippen molar-refractivity contribution in [3.8, 4) is 0 Å². The van der Waals surface area contributed by atoms with E-state index >= 15 is 0 Å². The molecule has 1 aromatic carbocycles. The van der Waals surface area contributed by atoms with Gasteiger partial charge in [-0.05, 0) is 24.5 Å². The van der Waals surface area contributed by atoms with E-state index in [2.05, 4.69) is 4.98 Å². The first-order valence-electron chi connectivity index (χ1n) is 5.95. The third kappa shape index (κ3) is 1.63. The molecular weight excluding hydrogens is 314 g/mol. The summed E-state index contributed by atoms with van der Waals surface area (Å²) in [5.74, 6) is 0. The summed E-state index contributed by atoms with van der Waals surface area (Å²) in [4.78, 5) is 2.63. The number of alkyl halides is 5. The van der Waals surface area contributed by atoms with Crippen LogP contribution in [0.4, 0.5) is 13.2 Å². The Morgan fingerprint density at radius 3 is 2.50 bits per heavy atom. The molecule has 1 atom stereocenters. The van der Waals surface area contributed by atoms with Crippen LogP contribution in [-0.2, 0) is 12.0 Å². The predicted molar refractivity (Wildman–Crippen MR) is 71.0 cm³/mol. The zero-order valence-electron chi connectivity index (χ0n) is 10.1. The maximum atomic E-state index is 13.4. The second kappa shape index (κ2) is 4.06. The lowest BCUT2D eigenvalue weighted by Gasteiger charge is -2.42. The summed E-state index contributed by atoms with van der Waals surface area (Å²) in [5, 5.41) is 10.9. The van der Waals surface area contributed by atoms with E-state index < -0.39 is 16.1 Å². The van der Waals surface area contributed by atoms with Crippen LogP contribution in [0.5, 0.6) is 0 Å². The number of fused-ring (bicyclic) bond motifs is 3.